The molecule has 0 aliphatic heterocycles. The summed E-state index contributed by atoms with van der Waals surface area (Å²) in [6.45, 7) is 0. The highest BCUT2D eigenvalue weighted by molar-refractivity contribution is 8.16. The summed E-state index contributed by atoms with van der Waals surface area (Å²) in [4.78, 5) is 0. The van der Waals surface area contributed by atoms with Gasteiger partial charge < -0.3 is 0 Å². The smallest absolute Gasteiger partial charge is 0.208 e. The van der Waals surface area contributed by atoms with Crippen LogP contribution in [0.2, 0.25) is 0 Å². The minimum Gasteiger partial charge on any atom is -0.208 e. The highest BCUT2D eigenvalue weighted by Gasteiger charge is 2.00. The Bertz CT molecular complexity index is 637. The van der Waals surface area contributed by atoms with Crippen molar-refractivity contribution in [2.24, 2.45) is 0 Å². The molecule has 0 atom stereocenters. The summed E-state index contributed by atoms with van der Waals surface area (Å²) < 4.78 is 23.0. The summed E-state index contributed by atoms with van der Waals surface area (Å²) in [6, 6.07) is 7.03. The molecule has 0 aliphatic rings. The van der Waals surface area contributed by atoms with Crippen molar-refractivity contribution in [2.75, 3.05) is 0 Å². The van der Waals surface area contributed by atoms with Gasteiger partial charge in [0.2, 0.25) is 0 Å². The quantitative estimate of drug-likeness (QED) is 0.783. The zero-order valence-electron chi connectivity index (χ0n) is 8.43. The molecule has 17 heavy (non-hydrogen) atoms. The normalized spacial score (nSPS) is 12.1. The van der Waals surface area contributed by atoms with E-state index in [0.717, 1.165) is 11.1 Å². The van der Waals surface area contributed by atoms with Gasteiger partial charge in [-0.05, 0) is 34.2 Å². The number of tetrazole rings is 1. The standard InChI is InChI=1S/C9H7ClN4O2S/c10-17(15,16)5-4-8-2-1-3-9(6-8)14-7-11-12-13-14/h1-7H/b5-4+. The number of benzene rings is 1. The summed E-state index contributed by atoms with van der Waals surface area (Å²) in [5.41, 5.74) is 1.41. The molecule has 88 valence electrons. The Hall–Kier alpha value is -1.73. The Morgan fingerprint density at radius 1 is 1.35 bits per heavy atom. The third-order valence-corrected chi connectivity index (χ3v) is 2.68. The number of hydrogen-bond donors (Lipinski definition) is 0. The highest BCUT2D eigenvalue weighted by atomic mass is 35.7. The molecule has 0 bridgehead atoms. The fraction of sp³-hybridized carbons (Fsp3) is 0. The number of nitrogens with zero attached hydrogens (tertiary/aromatic N) is 4. The molecule has 0 amide bonds. The van der Waals surface area contributed by atoms with Crippen LogP contribution in [0.1, 0.15) is 5.56 Å². The van der Waals surface area contributed by atoms with Gasteiger partial charge in [-0.15, -0.1) is 5.10 Å². The van der Waals surface area contributed by atoms with Crippen LogP contribution in [-0.4, -0.2) is 28.6 Å². The molecule has 0 unspecified atom stereocenters. The summed E-state index contributed by atoms with van der Waals surface area (Å²) in [6.07, 6.45) is 2.84. The molecule has 2 aromatic rings. The maximum absolute atomic E-state index is 10.8. The minimum atomic E-state index is -3.64. The van der Waals surface area contributed by atoms with Crippen molar-refractivity contribution < 1.29 is 8.42 Å². The van der Waals surface area contributed by atoms with E-state index < -0.39 is 9.05 Å². The Labute approximate surface area is 102 Å². The van der Waals surface area contributed by atoms with Gasteiger partial charge in [-0.2, -0.15) is 0 Å². The second kappa shape index (κ2) is 4.64. The molecule has 1 aromatic heterocycles. The zero-order valence-corrected chi connectivity index (χ0v) is 10.0. The van der Waals surface area contributed by atoms with Crippen LogP contribution in [-0.2, 0) is 9.05 Å². The van der Waals surface area contributed by atoms with Crippen molar-refractivity contribution >= 4 is 25.8 Å². The second-order valence-electron chi connectivity index (χ2n) is 3.13. The first kappa shape index (κ1) is 11.7. The number of rotatable bonds is 3. The molecule has 1 heterocycles. The summed E-state index contributed by atoms with van der Waals surface area (Å²) in [5.74, 6) is 0. The Morgan fingerprint density at radius 2 is 2.18 bits per heavy atom. The summed E-state index contributed by atoms with van der Waals surface area (Å²) in [5, 5.41) is 11.7. The lowest BCUT2D eigenvalue weighted by Gasteiger charge is -1.99. The largest absolute Gasteiger partial charge is 0.254 e. The van der Waals surface area contributed by atoms with Gasteiger partial charge >= 0.3 is 0 Å². The van der Waals surface area contributed by atoms with Gasteiger partial charge in [0, 0.05) is 16.1 Å². The van der Waals surface area contributed by atoms with E-state index in [-0.39, 0.29) is 0 Å². The summed E-state index contributed by atoms with van der Waals surface area (Å²) >= 11 is 0. The Kier molecular flexibility index (Phi) is 3.21. The average molecular weight is 271 g/mol. The number of hydrogen-bond acceptors (Lipinski definition) is 5. The summed E-state index contributed by atoms with van der Waals surface area (Å²) in [7, 11) is 1.43. The molecule has 0 spiro atoms. The van der Waals surface area contributed by atoms with E-state index >= 15 is 0 Å². The van der Waals surface area contributed by atoms with Gasteiger partial charge in [0.25, 0.3) is 9.05 Å². The van der Waals surface area contributed by atoms with E-state index in [9.17, 15) is 8.42 Å². The van der Waals surface area contributed by atoms with Gasteiger partial charge in [-0.3, -0.25) is 0 Å². The molecule has 0 saturated heterocycles. The molecule has 0 radical (unpaired) electrons. The molecule has 6 nitrogen and oxygen atoms in total. The fourth-order valence-electron chi connectivity index (χ4n) is 1.21. The van der Waals surface area contributed by atoms with E-state index in [1.165, 1.54) is 17.1 Å². The lowest BCUT2D eigenvalue weighted by Crippen LogP contribution is -1.94. The molecule has 0 saturated carbocycles. The first-order valence-electron chi connectivity index (χ1n) is 4.51. The molecule has 0 N–H and O–H groups in total. The van der Waals surface area contributed by atoms with Gasteiger partial charge in [-0.1, -0.05) is 12.1 Å². The van der Waals surface area contributed by atoms with Crippen molar-refractivity contribution in [3.05, 3.63) is 41.6 Å². The van der Waals surface area contributed by atoms with E-state index in [2.05, 4.69) is 15.5 Å². The van der Waals surface area contributed by atoms with Crippen molar-refractivity contribution in [1.29, 1.82) is 0 Å². The first-order chi connectivity index (χ1) is 8.04. The highest BCUT2D eigenvalue weighted by Crippen LogP contribution is 2.11. The lowest BCUT2D eigenvalue weighted by atomic mass is 10.2. The third-order valence-electron chi connectivity index (χ3n) is 1.91. The van der Waals surface area contributed by atoms with Crippen LogP contribution in [0.3, 0.4) is 0 Å². The predicted octanol–water partition coefficient (Wildman–Crippen LogP) is 1.20. The molecule has 8 heteroatoms. The van der Waals surface area contributed by atoms with E-state index in [1.807, 2.05) is 0 Å². The van der Waals surface area contributed by atoms with E-state index in [0.29, 0.717) is 5.56 Å². The average Bonchev–Trinajstić information content (AvgIpc) is 2.79. The number of halogens is 1. The monoisotopic (exact) mass is 270 g/mol. The van der Waals surface area contributed by atoms with Gasteiger partial charge in [0.05, 0.1) is 5.69 Å². The van der Waals surface area contributed by atoms with Gasteiger partial charge in [-0.25, -0.2) is 13.1 Å². The Morgan fingerprint density at radius 3 is 2.82 bits per heavy atom. The van der Waals surface area contributed by atoms with E-state index in [4.69, 9.17) is 10.7 Å². The van der Waals surface area contributed by atoms with Crippen molar-refractivity contribution in [3.63, 3.8) is 0 Å². The molecular weight excluding hydrogens is 264 g/mol. The van der Waals surface area contributed by atoms with Gasteiger partial charge in [0.1, 0.15) is 6.33 Å². The molecule has 0 aliphatic carbocycles. The van der Waals surface area contributed by atoms with Crippen LogP contribution in [0.5, 0.6) is 0 Å². The van der Waals surface area contributed by atoms with Crippen LogP contribution in [0.25, 0.3) is 11.8 Å². The topological polar surface area (TPSA) is 77.7 Å². The maximum atomic E-state index is 10.8. The Balaban J connectivity index is 2.33. The fourth-order valence-corrected chi connectivity index (χ4v) is 1.68. The molecule has 2 rings (SSSR count). The van der Waals surface area contributed by atoms with Crippen LogP contribution in [0, 0.1) is 0 Å². The predicted molar refractivity (Wildman–Crippen MR) is 63.0 cm³/mol. The van der Waals surface area contributed by atoms with Crippen LogP contribution in [0.4, 0.5) is 0 Å². The van der Waals surface area contributed by atoms with Crippen LogP contribution < -0.4 is 0 Å². The van der Waals surface area contributed by atoms with Crippen molar-refractivity contribution in [2.45, 2.75) is 0 Å². The van der Waals surface area contributed by atoms with E-state index in [1.54, 1.807) is 24.3 Å². The van der Waals surface area contributed by atoms with Gasteiger partial charge in [0.15, 0.2) is 0 Å². The van der Waals surface area contributed by atoms with Crippen LogP contribution in [0.15, 0.2) is 36.0 Å². The lowest BCUT2D eigenvalue weighted by molar-refractivity contribution is 0.617. The zero-order chi connectivity index (χ0) is 12.3. The molecule has 0 fully saturated rings. The number of aromatic nitrogens is 4. The second-order valence-corrected chi connectivity index (χ2v) is 5.64. The maximum Gasteiger partial charge on any atom is 0.254 e. The van der Waals surface area contributed by atoms with Crippen molar-refractivity contribution in [1.82, 2.24) is 20.2 Å². The first-order valence-corrected chi connectivity index (χ1v) is 6.88. The SMILES string of the molecule is O=S(=O)(Cl)/C=C/c1cccc(-n2cnnn2)c1. The third kappa shape index (κ3) is 3.36. The minimum absolute atomic E-state index is 0.683. The molecule has 1 aromatic carbocycles. The van der Waals surface area contributed by atoms with Crippen molar-refractivity contribution in [3.8, 4) is 5.69 Å². The van der Waals surface area contributed by atoms with Crippen LogP contribution >= 0.6 is 10.7 Å². The molecular formula is C9H7ClN4O2S.